The van der Waals surface area contributed by atoms with Gasteiger partial charge in [0.1, 0.15) is 0 Å². The van der Waals surface area contributed by atoms with Crippen LogP contribution in [-0.4, -0.2) is 39.7 Å². The predicted molar refractivity (Wildman–Crippen MR) is 71.1 cm³/mol. The molecule has 18 heavy (non-hydrogen) atoms. The van der Waals surface area contributed by atoms with E-state index in [-0.39, 0.29) is 0 Å². The summed E-state index contributed by atoms with van der Waals surface area (Å²) < 4.78 is 17.0. The van der Waals surface area contributed by atoms with Gasteiger partial charge in [-0.3, -0.25) is 0 Å². The second-order valence-corrected chi connectivity index (χ2v) is 6.19. The molecule has 105 valence electrons. The molecule has 0 heterocycles. The van der Waals surface area contributed by atoms with Crippen molar-refractivity contribution >= 4 is 14.8 Å². The second-order valence-electron chi connectivity index (χ2n) is 3.45. The van der Waals surface area contributed by atoms with E-state index in [0.717, 1.165) is 6.08 Å². The van der Waals surface area contributed by atoms with E-state index in [4.69, 9.17) is 18.4 Å². The number of carboxylic acid groups (broad SMARTS) is 1. The lowest BCUT2D eigenvalue weighted by Crippen LogP contribution is -2.45. The Labute approximate surface area is 110 Å². The van der Waals surface area contributed by atoms with Crippen LogP contribution in [0.4, 0.5) is 0 Å². The van der Waals surface area contributed by atoms with E-state index in [1.165, 1.54) is 6.08 Å². The highest BCUT2D eigenvalue weighted by molar-refractivity contribution is 6.60. The first kappa shape index (κ1) is 17.3. The van der Waals surface area contributed by atoms with Crippen molar-refractivity contribution in [2.45, 2.75) is 33.2 Å². The van der Waals surface area contributed by atoms with Crippen molar-refractivity contribution in [3.63, 3.8) is 0 Å². The molecule has 0 spiro atoms. The first-order valence-corrected chi connectivity index (χ1v) is 8.18. The molecule has 1 N–H and O–H groups in total. The van der Waals surface area contributed by atoms with Crippen LogP contribution in [0.2, 0.25) is 6.04 Å². The van der Waals surface area contributed by atoms with Gasteiger partial charge in [0, 0.05) is 31.9 Å². The van der Waals surface area contributed by atoms with Crippen molar-refractivity contribution in [2.75, 3.05) is 19.8 Å². The second kappa shape index (κ2) is 10.2. The summed E-state index contributed by atoms with van der Waals surface area (Å²) in [7, 11) is -2.59. The fraction of sp³-hybridized carbons (Fsp3) is 0.667. The fourth-order valence-electron chi connectivity index (χ4n) is 1.51. The van der Waals surface area contributed by atoms with Crippen LogP contribution in [-0.2, 0) is 18.1 Å². The lowest BCUT2D eigenvalue weighted by Gasteiger charge is -2.28. The summed E-state index contributed by atoms with van der Waals surface area (Å²) in [4.78, 5) is 10.3. The van der Waals surface area contributed by atoms with Gasteiger partial charge in [-0.05, 0) is 33.6 Å². The summed E-state index contributed by atoms with van der Waals surface area (Å²) in [6.07, 6.45) is 5.08. The maximum Gasteiger partial charge on any atom is 0.500 e. The van der Waals surface area contributed by atoms with Crippen LogP contribution in [0.5, 0.6) is 0 Å². The molecule has 0 aliphatic heterocycles. The summed E-state index contributed by atoms with van der Waals surface area (Å²) in [5.41, 5.74) is 0. The Morgan fingerprint density at radius 3 is 2.00 bits per heavy atom. The van der Waals surface area contributed by atoms with Gasteiger partial charge in [-0.2, -0.15) is 0 Å². The van der Waals surface area contributed by atoms with Crippen LogP contribution in [0, 0.1) is 6.42 Å². The number of hydrogen-bond donors (Lipinski definition) is 1. The van der Waals surface area contributed by atoms with Gasteiger partial charge in [0.15, 0.2) is 0 Å². The van der Waals surface area contributed by atoms with E-state index >= 15 is 0 Å². The van der Waals surface area contributed by atoms with Gasteiger partial charge in [-0.25, -0.2) is 4.79 Å². The molecular formula is C12H23O5Si. The Morgan fingerprint density at radius 2 is 1.61 bits per heavy atom. The van der Waals surface area contributed by atoms with Gasteiger partial charge in [0.2, 0.25) is 0 Å². The van der Waals surface area contributed by atoms with E-state index in [1.807, 2.05) is 20.8 Å². The Bertz CT molecular complexity index is 238. The van der Waals surface area contributed by atoms with Crippen LogP contribution in [0.15, 0.2) is 12.2 Å². The maximum absolute atomic E-state index is 10.3. The van der Waals surface area contributed by atoms with Gasteiger partial charge in [-0.15, -0.1) is 0 Å². The number of aliphatic carboxylic acids is 1. The van der Waals surface area contributed by atoms with Crippen LogP contribution in [0.25, 0.3) is 0 Å². The van der Waals surface area contributed by atoms with Gasteiger partial charge < -0.3 is 18.4 Å². The predicted octanol–water partition coefficient (Wildman–Crippen LogP) is 2.27. The molecule has 0 aliphatic carbocycles. The van der Waals surface area contributed by atoms with E-state index in [1.54, 1.807) is 6.42 Å². The fourth-order valence-corrected chi connectivity index (χ4v) is 4.03. The lowest BCUT2D eigenvalue weighted by atomic mass is 10.3. The number of carboxylic acids is 1. The third-order valence-electron chi connectivity index (χ3n) is 2.08. The molecule has 0 aromatic rings. The Kier molecular flexibility index (Phi) is 9.86. The van der Waals surface area contributed by atoms with Crippen LogP contribution >= 0.6 is 0 Å². The Morgan fingerprint density at radius 1 is 1.11 bits per heavy atom. The van der Waals surface area contributed by atoms with Crippen molar-refractivity contribution in [1.82, 2.24) is 0 Å². The smallest absolute Gasteiger partial charge is 0.478 e. The molecule has 0 saturated carbocycles. The van der Waals surface area contributed by atoms with Gasteiger partial charge in [0.05, 0.1) is 0 Å². The van der Waals surface area contributed by atoms with Gasteiger partial charge >= 0.3 is 14.8 Å². The molecule has 1 radical (unpaired) electrons. The van der Waals surface area contributed by atoms with Gasteiger partial charge in [-0.1, -0.05) is 6.08 Å². The maximum atomic E-state index is 10.3. The molecule has 0 saturated heterocycles. The highest BCUT2D eigenvalue weighted by Crippen LogP contribution is 2.19. The monoisotopic (exact) mass is 275 g/mol. The number of unbranched alkanes of at least 4 members (excludes halogenated alkanes) is 1. The molecule has 0 aromatic heterocycles. The Balaban J connectivity index is 4.24. The van der Waals surface area contributed by atoms with Crippen molar-refractivity contribution in [3.05, 3.63) is 18.6 Å². The van der Waals surface area contributed by atoms with Crippen LogP contribution < -0.4 is 0 Å². The van der Waals surface area contributed by atoms with Crippen molar-refractivity contribution < 1.29 is 23.2 Å². The first-order valence-electron chi connectivity index (χ1n) is 6.24. The van der Waals surface area contributed by atoms with Crippen molar-refractivity contribution in [3.8, 4) is 0 Å². The summed E-state index contributed by atoms with van der Waals surface area (Å²) in [6, 6.07) is 0.659. The van der Waals surface area contributed by atoms with E-state index in [2.05, 4.69) is 0 Å². The number of rotatable bonds is 11. The molecule has 0 rings (SSSR count). The van der Waals surface area contributed by atoms with Crippen molar-refractivity contribution in [1.29, 1.82) is 0 Å². The molecular weight excluding hydrogens is 252 g/mol. The van der Waals surface area contributed by atoms with Crippen LogP contribution in [0.3, 0.4) is 0 Å². The lowest BCUT2D eigenvalue weighted by molar-refractivity contribution is -0.131. The molecule has 0 fully saturated rings. The SMILES string of the molecule is CCO[Si](CC[CH]C=CC(=O)O)(OCC)OCC. The minimum Gasteiger partial charge on any atom is -0.478 e. The molecule has 5 nitrogen and oxygen atoms in total. The average molecular weight is 275 g/mol. The zero-order chi connectivity index (χ0) is 13.9. The zero-order valence-electron chi connectivity index (χ0n) is 11.3. The molecule has 0 unspecified atom stereocenters. The number of carbonyl (C=O) groups is 1. The summed E-state index contributed by atoms with van der Waals surface area (Å²) >= 11 is 0. The first-order chi connectivity index (χ1) is 8.60. The average Bonchev–Trinajstić information content (AvgIpc) is 2.29. The van der Waals surface area contributed by atoms with E-state index in [0.29, 0.717) is 32.3 Å². The topological polar surface area (TPSA) is 65.0 Å². The number of hydrogen-bond acceptors (Lipinski definition) is 4. The normalized spacial score (nSPS) is 12.2. The zero-order valence-corrected chi connectivity index (χ0v) is 12.3. The molecule has 0 aromatic carbocycles. The van der Waals surface area contributed by atoms with E-state index in [9.17, 15) is 4.79 Å². The molecule has 0 bridgehead atoms. The molecule has 0 aliphatic rings. The largest absolute Gasteiger partial charge is 0.500 e. The quantitative estimate of drug-likeness (QED) is 0.356. The molecule has 6 heteroatoms. The Hall–Kier alpha value is -0.693. The number of allylic oxidation sites excluding steroid dienone is 1. The third kappa shape index (κ3) is 7.60. The molecule has 0 atom stereocenters. The minimum atomic E-state index is -2.59. The van der Waals surface area contributed by atoms with Crippen molar-refractivity contribution in [2.24, 2.45) is 0 Å². The molecule has 0 amide bonds. The minimum absolute atomic E-state index is 0.553. The summed E-state index contributed by atoms with van der Waals surface area (Å²) in [5, 5.41) is 8.45. The standard InChI is InChI=1S/C12H23O5Si/c1-4-15-18(16-5-2,17-6-3)11-9-7-8-10-12(13)14/h7-8,10H,4-6,9,11H2,1-3H3,(H,13,14). The van der Waals surface area contributed by atoms with Gasteiger partial charge in [0.25, 0.3) is 0 Å². The third-order valence-corrected chi connectivity index (χ3v) is 5.17. The highest BCUT2D eigenvalue weighted by Gasteiger charge is 2.39. The van der Waals surface area contributed by atoms with Crippen LogP contribution in [0.1, 0.15) is 27.2 Å². The summed E-state index contributed by atoms with van der Waals surface area (Å²) in [6.45, 7) is 7.39. The van der Waals surface area contributed by atoms with E-state index < -0.39 is 14.8 Å². The summed E-state index contributed by atoms with van der Waals surface area (Å²) in [5.74, 6) is -0.950. The highest BCUT2D eigenvalue weighted by atomic mass is 28.4.